The summed E-state index contributed by atoms with van der Waals surface area (Å²) in [6.45, 7) is 2.11. The number of thioether (sulfide) groups is 1. The number of anilines is 2. The van der Waals surface area contributed by atoms with Crippen LogP contribution in [0, 0.1) is 6.92 Å². The lowest BCUT2D eigenvalue weighted by atomic mass is 10.0. The van der Waals surface area contributed by atoms with Crippen LogP contribution in [0.15, 0.2) is 41.7 Å². The maximum absolute atomic E-state index is 5.63. The maximum atomic E-state index is 5.63. The average Bonchev–Trinajstić information content (AvgIpc) is 3.22. The van der Waals surface area contributed by atoms with Crippen LogP contribution in [-0.4, -0.2) is 33.1 Å². The molecular formula is C19H19N5OS2. The molecule has 8 heteroatoms. The SMILES string of the molecule is COc1ccc(SC)cc1-c1c(C)sc2cnc(Nc3cnn(C)c3)nc12. The van der Waals surface area contributed by atoms with E-state index in [0.717, 1.165) is 32.8 Å². The van der Waals surface area contributed by atoms with Gasteiger partial charge in [0.2, 0.25) is 5.95 Å². The Morgan fingerprint density at radius 1 is 1.26 bits per heavy atom. The third kappa shape index (κ3) is 3.38. The molecule has 0 spiro atoms. The first-order chi connectivity index (χ1) is 13.1. The second kappa shape index (κ2) is 7.21. The zero-order chi connectivity index (χ0) is 19.0. The number of aryl methyl sites for hydroxylation is 2. The molecule has 3 heterocycles. The molecule has 0 saturated heterocycles. The molecule has 6 nitrogen and oxygen atoms in total. The molecule has 3 aromatic heterocycles. The van der Waals surface area contributed by atoms with Crippen LogP contribution in [0.1, 0.15) is 4.88 Å². The van der Waals surface area contributed by atoms with Gasteiger partial charge in [-0.25, -0.2) is 9.97 Å². The Morgan fingerprint density at radius 2 is 2.11 bits per heavy atom. The number of fused-ring (bicyclic) bond motifs is 1. The van der Waals surface area contributed by atoms with Crippen LogP contribution in [0.5, 0.6) is 5.75 Å². The van der Waals surface area contributed by atoms with Crippen LogP contribution in [0.25, 0.3) is 21.3 Å². The molecule has 0 radical (unpaired) electrons. The number of methoxy groups -OCH3 is 1. The van der Waals surface area contributed by atoms with E-state index in [4.69, 9.17) is 9.72 Å². The van der Waals surface area contributed by atoms with E-state index in [9.17, 15) is 0 Å². The first-order valence-electron chi connectivity index (χ1n) is 8.33. The zero-order valence-corrected chi connectivity index (χ0v) is 17.1. The molecule has 0 amide bonds. The van der Waals surface area contributed by atoms with Crippen molar-refractivity contribution in [3.8, 4) is 16.9 Å². The highest BCUT2D eigenvalue weighted by Crippen LogP contribution is 2.42. The topological polar surface area (TPSA) is 64.9 Å². The minimum absolute atomic E-state index is 0.550. The van der Waals surface area contributed by atoms with E-state index in [2.05, 4.69) is 40.7 Å². The van der Waals surface area contributed by atoms with E-state index in [1.54, 1.807) is 41.1 Å². The molecule has 0 aliphatic rings. The zero-order valence-electron chi connectivity index (χ0n) is 15.5. The Balaban J connectivity index is 1.85. The summed E-state index contributed by atoms with van der Waals surface area (Å²) in [6.07, 6.45) is 7.58. The quantitative estimate of drug-likeness (QED) is 0.485. The smallest absolute Gasteiger partial charge is 0.227 e. The van der Waals surface area contributed by atoms with E-state index in [-0.39, 0.29) is 0 Å². The summed E-state index contributed by atoms with van der Waals surface area (Å²) >= 11 is 3.41. The second-order valence-electron chi connectivity index (χ2n) is 6.03. The Kier molecular flexibility index (Phi) is 4.75. The molecule has 138 valence electrons. The number of hydrogen-bond donors (Lipinski definition) is 1. The first-order valence-corrected chi connectivity index (χ1v) is 10.4. The van der Waals surface area contributed by atoms with Gasteiger partial charge in [0.05, 0.1) is 35.4 Å². The standard InChI is InChI=1S/C19H19N5OS2/c1-11-17(14-7-13(26-4)5-6-15(14)25-3)18-16(27-11)9-20-19(23-18)22-12-8-21-24(2)10-12/h5-10H,1-4H3,(H,20,22,23). The van der Waals surface area contributed by atoms with Crippen molar-refractivity contribution in [1.82, 2.24) is 19.7 Å². The largest absolute Gasteiger partial charge is 0.496 e. The van der Waals surface area contributed by atoms with Crippen molar-refractivity contribution >= 4 is 45.0 Å². The van der Waals surface area contributed by atoms with Gasteiger partial charge in [0.1, 0.15) is 5.75 Å². The van der Waals surface area contributed by atoms with Crippen LogP contribution >= 0.6 is 23.1 Å². The lowest BCUT2D eigenvalue weighted by Crippen LogP contribution is -1.96. The number of thiophene rings is 1. The monoisotopic (exact) mass is 397 g/mol. The van der Waals surface area contributed by atoms with Crippen LogP contribution in [0.2, 0.25) is 0 Å². The van der Waals surface area contributed by atoms with E-state index < -0.39 is 0 Å². The highest BCUT2D eigenvalue weighted by molar-refractivity contribution is 7.98. The molecule has 0 fully saturated rings. The lowest BCUT2D eigenvalue weighted by Gasteiger charge is -2.11. The van der Waals surface area contributed by atoms with E-state index >= 15 is 0 Å². The minimum Gasteiger partial charge on any atom is -0.496 e. The van der Waals surface area contributed by atoms with Crippen LogP contribution in [0.3, 0.4) is 0 Å². The minimum atomic E-state index is 0.550. The van der Waals surface area contributed by atoms with Gasteiger partial charge in [-0.3, -0.25) is 4.68 Å². The fraction of sp³-hybridized carbons (Fsp3) is 0.211. The highest BCUT2D eigenvalue weighted by atomic mass is 32.2. The molecule has 0 saturated carbocycles. The molecule has 0 atom stereocenters. The van der Waals surface area contributed by atoms with Crippen molar-refractivity contribution in [2.45, 2.75) is 11.8 Å². The van der Waals surface area contributed by atoms with Crippen molar-refractivity contribution < 1.29 is 4.74 Å². The van der Waals surface area contributed by atoms with Crippen molar-refractivity contribution in [2.75, 3.05) is 18.7 Å². The Bertz CT molecular complexity index is 1120. The summed E-state index contributed by atoms with van der Waals surface area (Å²) in [6, 6.07) is 6.25. The molecule has 4 rings (SSSR count). The van der Waals surface area contributed by atoms with Gasteiger partial charge in [-0.2, -0.15) is 5.10 Å². The van der Waals surface area contributed by atoms with Gasteiger partial charge in [0.25, 0.3) is 0 Å². The molecular weight excluding hydrogens is 378 g/mol. The third-order valence-electron chi connectivity index (χ3n) is 4.24. The molecule has 0 bridgehead atoms. The van der Waals surface area contributed by atoms with Gasteiger partial charge >= 0.3 is 0 Å². The second-order valence-corrected chi connectivity index (χ2v) is 8.17. The lowest BCUT2D eigenvalue weighted by molar-refractivity contribution is 0.416. The molecule has 1 aromatic carbocycles. The highest BCUT2D eigenvalue weighted by Gasteiger charge is 2.18. The predicted molar refractivity (Wildman–Crippen MR) is 112 cm³/mol. The van der Waals surface area contributed by atoms with Gasteiger partial charge in [-0.1, -0.05) is 0 Å². The Morgan fingerprint density at radius 3 is 2.81 bits per heavy atom. The van der Waals surface area contributed by atoms with Crippen molar-refractivity contribution in [3.63, 3.8) is 0 Å². The summed E-state index contributed by atoms with van der Waals surface area (Å²) < 4.78 is 8.41. The van der Waals surface area contributed by atoms with E-state index in [0.29, 0.717) is 5.95 Å². The number of nitrogens with one attached hydrogen (secondary N) is 1. The van der Waals surface area contributed by atoms with Crippen LogP contribution in [-0.2, 0) is 7.05 Å². The van der Waals surface area contributed by atoms with Crippen LogP contribution in [0.4, 0.5) is 11.6 Å². The van der Waals surface area contributed by atoms with Gasteiger partial charge in [-0.15, -0.1) is 23.1 Å². The molecule has 27 heavy (non-hydrogen) atoms. The molecule has 1 N–H and O–H groups in total. The first kappa shape index (κ1) is 17.8. The van der Waals surface area contributed by atoms with Gasteiger partial charge in [0.15, 0.2) is 0 Å². The Labute approximate surface area is 165 Å². The van der Waals surface area contributed by atoms with Gasteiger partial charge in [-0.05, 0) is 31.4 Å². The number of rotatable bonds is 5. The predicted octanol–water partition coefficient (Wildman–Crippen LogP) is 4.87. The Hall–Kier alpha value is -2.58. The fourth-order valence-corrected chi connectivity index (χ4v) is 4.44. The third-order valence-corrected chi connectivity index (χ3v) is 6.00. The molecule has 0 unspecified atom stereocenters. The summed E-state index contributed by atoms with van der Waals surface area (Å²) in [4.78, 5) is 11.6. The van der Waals surface area contributed by atoms with Crippen molar-refractivity contribution in [2.24, 2.45) is 7.05 Å². The molecule has 0 aliphatic carbocycles. The average molecular weight is 398 g/mol. The molecule has 0 aliphatic heterocycles. The maximum Gasteiger partial charge on any atom is 0.227 e. The van der Waals surface area contributed by atoms with E-state index in [1.165, 1.54) is 9.77 Å². The van der Waals surface area contributed by atoms with E-state index in [1.807, 2.05) is 25.5 Å². The summed E-state index contributed by atoms with van der Waals surface area (Å²) in [7, 11) is 3.58. The number of nitrogens with zero attached hydrogens (tertiary/aromatic N) is 4. The van der Waals surface area contributed by atoms with Gasteiger partial charge < -0.3 is 10.1 Å². The summed E-state index contributed by atoms with van der Waals surface area (Å²) in [5.74, 6) is 1.39. The number of aromatic nitrogens is 4. The summed E-state index contributed by atoms with van der Waals surface area (Å²) in [5.41, 5.74) is 3.93. The molecule has 4 aromatic rings. The normalized spacial score (nSPS) is 11.1. The van der Waals surface area contributed by atoms with Crippen LogP contribution < -0.4 is 10.1 Å². The number of benzene rings is 1. The van der Waals surface area contributed by atoms with Crippen molar-refractivity contribution in [3.05, 3.63) is 41.7 Å². The fourth-order valence-electron chi connectivity index (χ4n) is 3.01. The summed E-state index contributed by atoms with van der Waals surface area (Å²) in [5, 5.41) is 7.39. The number of hydrogen-bond acceptors (Lipinski definition) is 7. The van der Waals surface area contributed by atoms with Gasteiger partial charge in [0, 0.05) is 34.1 Å². The number of ether oxygens (including phenoxy) is 1. The van der Waals surface area contributed by atoms with Crippen molar-refractivity contribution in [1.29, 1.82) is 0 Å².